The van der Waals surface area contributed by atoms with Crippen LogP contribution in [0.2, 0.25) is 0 Å². The summed E-state index contributed by atoms with van der Waals surface area (Å²) in [5, 5.41) is 2.70. The van der Waals surface area contributed by atoms with E-state index in [-0.39, 0.29) is 11.5 Å². The largest absolute Gasteiger partial charge is 0.479 e. The minimum Gasteiger partial charge on any atom is -0.479 e. The van der Waals surface area contributed by atoms with Crippen molar-refractivity contribution in [2.75, 3.05) is 16.8 Å². The molecule has 2 amide bonds. The molecule has 2 aromatic rings. The average Bonchev–Trinajstić information content (AvgIpc) is 2.59. The second-order valence-corrected chi connectivity index (χ2v) is 5.64. The number of benzene rings is 2. The molecule has 0 radical (unpaired) electrons. The molecule has 0 bridgehead atoms. The normalized spacial score (nSPS) is 16.0. The molecule has 1 N–H and O–H groups in total. The first-order chi connectivity index (χ1) is 12.0. The van der Waals surface area contributed by atoms with Crippen LogP contribution in [0.25, 0.3) is 0 Å². The predicted octanol–water partition coefficient (Wildman–Crippen LogP) is 3.38. The van der Waals surface area contributed by atoms with Crippen LogP contribution < -0.4 is 15.0 Å². The molecule has 2 aromatic carbocycles. The number of carbonyl (C=O) groups excluding carboxylic acids is 2. The van der Waals surface area contributed by atoms with Crippen molar-refractivity contribution in [1.29, 1.82) is 0 Å². The molecular weight excluding hydrogens is 323 g/mol. The molecule has 128 valence electrons. The van der Waals surface area contributed by atoms with E-state index in [9.17, 15) is 14.0 Å². The van der Waals surface area contributed by atoms with Gasteiger partial charge in [0.1, 0.15) is 11.6 Å². The van der Waals surface area contributed by atoms with Crippen molar-refractivity contribution in [2.45, 2.75) is 13.0 Å². The van der Waals surface area contributed by atoms with Crippen molar-refractivity contribution < 1.29 is 18.7 Å². The van der Waals surface area contributed by atoms with Crippen molar-refractivity contribution in [2.24, 2.45) is 0 Å². The third kappa shape index (κ3) is 3.38. The van der Waals surface area contributed by atoms with Crippen LogP contribution in [0.15, 0.2) is 55.1 Å². The Hall–Kier alpha value is -3.15. The van der Waals surface area contributed by atoms with Crippen molar-refractivity contribution in [3.8, 4) is 5.75 Å². The highest BCUT2D eigenvalue weighted by molar-refractivity contribution is 6.05. The summed E-state index contributed by atoms with van der Waals surface area (Å²) in [5.41, 5.74) is 1.33. The molecule has 1 heterocycles. The van der Waals surface area contributed by atoms with E-state index in [2.05, 4.69) is 11.9 Å². The number of carbonyl (C=O) groups is 2. The Morgan fingerprint density at radius 2 is 2.16 bits per heavy atom. The molecule has 0 aliphatic carbocycles. The molecule has 3 rings (SSSR count). The zero-order valence-corrected chi connectivity index (χ0v) is 13.7. The van der Waals surface area contributed by atoms with Crippen LogP contribution in [0.1, 0.15) is 17.3 Å². The average molecular weight is 340 g/mol. The van der Waals surface area contributed by atoms with Crippen molar-refractivity contribution in [3.05, 3.63) is 66.5 Å². The number of nitrogens with zero attached hydrogens (tertiary/aromatic N) is 1. The standard InChI is InChI=1S/C19H17FN2O3/c1-3-9-22-16-8-7-15(11-17(16)25-12(2)19(22)24)21-18(23)13-5-4-6-14(20)10-13/h3-8,10-12H,1,9H2,2H3,(H,21,23). The van der Waals surface area contributed by atoms with Crippen LogP contribution in [-0.2, 0) is 4.79 Å². The van der Waals surface area contributed by atoms with Crippen LogP contribution in [0.3, 0.4) is 0 Å². The fourth-order valence-electron chi connectivity index (χ4n) is 2.64. The summed E-state index contributed by atoms with van der Waals surface area (Å²) in [5.74, 6) is -0.564. The van der Waals surface area contributed by atoms with Crippen LogP contribution in [0.5, 0.6) is 5.75 Å². The molecule has 0 fully saturated rings. The predicted molar refractivity (Wildman–Crippen MR) is 93.4 cm³/mol. The highest BCUT2D eigenvalue weighted by atomic mass is 19.1. The number of nitrogens with one attached hydrogen (secondary N) is 1. The highest BCUT2D eigenvalue weighted by Crippen LogP contribution is 2.36. The van der Waals surface area contributed by atoms with E-state index in [0.717, 1.165) is 6.07 Å². The van der Waals surface area contributed by atoms with Crippen LogP contribution >= 0.6 is 0 Å². The molecule has 0 spiro atoms. The van der Waals surface area contributed by atoms with Gasteiger partial charge in [0.15, 0.2) is 6.10 Å². The summed E-state index contributed by atoms with van der Waals surface area (Å²) in [6.07, 6.45) is 1.01. The summed E-state index contributed by atoms with van der Waals surface area (Å²) >= 11 is 0. The minimum atomic E-state index is -0.623. The Morgan fingerprint density at radius 3 is 2.88 bits per heavy atom. The topological polar surface area (TPSA) is 58.6 Å². The molecule has 0 aromatic heterocycles. The van der Waals surface area contributed by atoms with Crippen molar-refractivity contribution in [3.63, 3.8) is 0 Å². The maximum absolute atomic E-state index is 13.2. The van der Waals surface area contributed by atoms with Crippen LogP contribution in [0, 0.1) is 5.82 Å². The smallest absolute Gasteiger partial charge is 0.268 e. The van der Waals surface area contributed by atoms with Gasteiger partial charge >= 0.3 is 0 Å². The first-order valence-electron chi connectivity index (χ1n) is 7.79. The lowest BCUT2D eigenvalue weighted by Crippen LogP contribution is -2.44. The first-order valence-corrected chi connectivity index (χ1v) is 7.79. The second kappa shape index (κ2) is 6.76. The zero-order chi connectivity index (χ0) is 18.0. The maximum atomic E-state index is 13.2. The van der Waals surface area contributed by atoms with Gasteiger partial charge in [-0.2, -0.15) is 0 Å². The number of rotatable bonds is 4. The van der Waals surface area contributed by atoms with Gasteiger partial charge in [-0.3, -0.25) is 9.59 Å². The monoisotopic (exact) mass is 340 g/mol. The van der Waals surface area contributed by atoms with Gasteiger partial charge < -0.3 is 15.0 Å². The van der Waals surface area contributed by atoms with E-state index < -0.39 is 17.8 Å². The first kappa shape index (κ1) is 16.7. The molecule has 1 atom stereocenters. The van der Waals surface area contributed by atoms with E-state index in [4.69, 9.17) is 4.74 Å². The SMILES string of the molecule is C=CCN1C(=O)C(C)Oc2cc(NC(=O)c3cccc(F)c3)ccc21. The Morgan fingerprint density at radius 1 is 1.36 bits per heavy atom. The number of ether oxygens (including phenoxy) is 1. The van der Waals surface area contributed by atoms with Crippen LogP contribution in [-0.4, -0.2) is 24.5 Å². The molecular formula is C19H17FN2O3. The van der Waals surface area contributed by atoms with E-state index in [1.807, 2.05) is 0 Å². The number of hydrogen-bond acceptors (Lipinski definition) is 3. The van der Waals surface area contributed by atoms with E-state index in [0.29, 0.717) is 23.7 Å². The number of halogens is 1. The molecule has 5 nitrogen and oxygen atoms in total. The summed E-state index contributed by atoms with van der Waals surface area (Å²) in [7, 11) is 0. The molecule has 1 aliphatic rings. The Balaban J connectivity index is 1.86. The molecule has 25 heavy (non-hydrogen) atoms. The lowest BCUT2D eigenvalue weighted by Gasteiger charge is -2.32. The summed E-state index contributed by atoms with van der Waals surface area (Å²) < 4.78 is 18.9. The molecule has 1 aliphatic heterocycles. The number of amides is 2. The van der Waals surface area contributed by atoms with Gasteiger partial charge in [-0.15, -0.1) is 6.58 Å². The molecule has 0 saturated heterocycles. The molecule has 0 saturated carbocycles. The number of fused-ring (bicyclic) bond motifs is 1. The Kier molecular flexibility index (Phi) is 4.52. The van der Waals surface area contributed by atoms with E-state index in [1.54, 1.807) is 36.1 Å². The number of hydrogen-bond donors (Lipinski definition) is 1. The Labute approximate surface area is 144 Å². The fourth-order valence-corrected chi connectivity index (χ4v) is 2.64. The number of anilines is 2. The van der Waals surface area contributed by atoms with Gasteiger partial charge in [0.2, 0.25) is 0 Å². The van der Waals surface area contributed by atoms with Crippen molar-refractivity contribution in [1.82, 2.24) is 0 Å². The quantitative estimate of drug-likeness (QED) is 0.868. The van der Waals surface area contributed by atoms with Gasteiger partial charge in [0, 0.05) is 23.9 Å². The fraction of sp³-hybridized carbons (Fsp3) is 0.158. The minimum absolute atomic E-state index is 0.149. The lowest BCUT2D eigenvalue weighted by molar-refractivity contribution is -0.125. The summed E-state index contributed by atoms with van der Waals surface area (Å²) in [6, 6.07) is 10.4. The maximum Gasteiger partial charge on any atom is 0.268 e. The summed E-state index contributed by atoms with van der Waals surface area (Å²) in [4.78, 5) is 26.0. The molecule has 6 heteroatoms. The molecule has 1 unspecified atom stereocenters. The van der Waals surface area contributed by atoms with Gasteiger partial charge in [0.25, 0.3) is 11.8 Å². The third-order valence-corrected chi connectivity index (χ3v) is 3.82. The van der Waals surface area contributed by atoms with Crippen molar-refractivity contribution >= 4 is 23.2 Å². The zero-order valence-electron chi connectivity index (χ0n) is 13.7. The van der Waals surface area contributed by atoms with Gasteiger partial charge in [-0.25, -0.2) is 4.39 Å². The van der Waals surface area contributed by atoms with Crippen LogP contribution in [0.4, 0.5) is 15.8 Å². The summed E-state index contributed by atoms with van der Waals surface area (Å²) in [6.45, 7) is 5.70. The van der Waals surface area contributed by atoms with E-state index >= 15 is 0 Å². The highest BCUT2D eigenvalue weighted by Gasteiger charge is 2.30. The Bertz CT molecular complexity index is 850. The third-order valence-electron chi connectivity index (χ3n) is 3.82. The lowest BCUT2D eigenvalue weighted by atomic mass is 10.1. The van der Waals surface area contributed by atoms with Gasteiger partial charge in [0.05, 0.1) is 5.69 Å². The van der Waals surface area contributed by atoms with Gasteiger partial charge in [-0.1, -0.05) is 12.1 Å². The van der Waals surface area contributed by atoms with Gasteiger partial charge in [-0.05, 0) is 37.3 Å². The second-order valence-electron chi connectivity index (χ2n) is 5.64. The van der Waals surface area contributed by atoms with E-state index in [1.165, 1.54) is 18.2 Å².